The Bertz CT molecular complexity index is 697. The van der Waals surface area contributed by atoms with E-state index in [1.165, 1.54) is 29.7 Å². The fraction of sp³-hybridized carbons (Fsp3) is 0.308. The fourth-order valence-corrected chi connectivity index (χ4v) is 2.60. The smallest absolute Gasteiger partial charge is 0.297 e. The van der Waals surface area contributed by atoms with E-state index in [4.69, 9.17) is 23.2 Å². The third-order valence-electron chi connectivity index (χ3n) is 3.23. The number of benzene rings is 1. The van der Waals surface area contributed by atoms with Crippen LogP contribution in [-0.2, 0) is 6.54 Å². The van der Waals surface area contributed by atoms with Gasteiger partial charge in [0, 0.05) is 29.9 Å². The Morgan fingerprint density at radius 2 is 2.19 bits per heavy atom. The van der Waals surface area contributed by atoms with Gasteiger partial charge in [0.25, 0.3) is 5.69 Å². The van der Waals surface area contributed by atoms with E-state index in [1.54, 1.807) is 6.20 Å². The van der Waals surface area contributed by atoms with Gasteiger partial charge >= 0.3 is 0 Å². The van der Waals surface area contributed by atoms with Crippen LogP contribution in [0.2, 0.25) is 10.0 Å². The topological polar surface area (TPSA) is 73.0 Å². The van der Waals surface area contributed by atoms with E-state index in [9.17, 15) is 10.1 Å². The highest BCUT2D eigenvalue weighted by Crippen LogP contribution is 2.33. The highest BCUT2D eigenvalue weighted by molar-refractivity contribution is 6.36. The van der Waals surface area contributed by atoms with Crippen molar-refractivity contribution in [2.75, 3.05) is 0 Å². The lowest BCUT2D eigenvalue weighted by atomic mass is 10.2. The van der Waals surface area contributed by atoms with Crippen LogP contribution in [0.4, 0.5) is 5.69 Å². The van der Waals surface area contributed by atoms with E-state index in [0.29, 0.717) is 12.6 Å². The van der Waals surface area contributed by atoms with Crippen molar-refractivity contribution in [3.63, 3.8) is 0 Å². The molecule has 6 nitrogen and oxygen atoms in total. The van der Waals surface area contributed by atoms with Crippen molar-refractivity contribution in [1.82, 2.24) is 15.1 Å². The summed E-state index contributed by atoms with van der Waals surface area (Å²) in [5.41, 5.74) is 0.864. The summed E-state index contributed by atoms with van der Waals surface area (Å²) in [7, 11) is 0. The first-order valence-corrected chi connectivity index (χ1v) is 7.22. The van der Waals surface area contributed by atoms with Crippen LogP contribution < -0.4 is 5.32 Å². The number of nitrogens with one attached hydrogen (secondary N) is 1. The standard InChI is InChI=1S/C13H12Cl2N4O2/c14-8-5-11(15)13(12(6-8)19(20)21)18-4-3-10(17-18)7-16-9-1-2-9/h3-6,9,16H,1-2,7H2. The van der Waals surface area contributed by atoms with Gasteiger partial charge in [0.15, 0.2) is 5.69 Å². The van der Waals surface area contributed by atoms with Gasteiger partial charge in [0.2, 0.25) is 0 Å². The zero-order chi connectivity index (χ0) is 15.0. The van der Waals surface area contributed by atoms with Gasteiger partial charge < -0.3 is 5.32 Å². The number of nitrogens with zero attached hydrogens (tertiary/aromatic N) is 3. The van der Waals surface area contributed by atoms with Crippen molar-refractivity contribution in [2.45, 2.75) is 25.4 Å². The van der Waals surface area contributed by atoms with Crippen LogP contribution in [0.3, 0.4) is 0 Å². The van der Waals surface area contributed by atoms with Gasteiger partial charge in [-0.15, -0.1) is 0 Å². The quantitative estimate of drug-likeness (QED) is 0.675. The summed E-state index contributed by atoms with van der Waals surface area (Å²) in [4.78, 5) is 10.6. The van der Waals surface area contributed by atoms with Crippen molar-refractivity contribution in [1.29, 1.82) is 0 Å². The molecule has 1 aliphatic carbocycles. The highest BCUT2D eigenvalue weighted by atomic mass is 35.5. The van der Waals surface area contributed by atoms with Gasteiger partial charge in [-0.25, -0.2) is 4.68 Å². The Labute approximate surface area is 130 Å². The van der Waals surface area contributed by atoms with Gasteiger partial charge in [0.1, 0.15) is 0 Å². The van der Waals surface area contributed by atoms with Crippen LogP contribution >= 0.6 is 23.2 Å². The maximum absolute atomic E-state index is 11.2. The van der Waals surface area contributed by atoms with E-state index in [1.807, 2.05) is 6.07 Å². The van der Waals surface area contributed by atoms with Gasteiger partial charge in [-0.2, -0.15) is 5.10 Å². The highest BCUT2D eigenvalue weighted by Gasteiger charge is 2.22. The molecule has 1 aliphatic rings. The normalized spacial score (nSPS) is 14.4. The molecular formula is C13H12Cl2N4O2. The number of nitro groups is 1. The van der Waals surface area contributed by atoms with Crippen LogP contribution in [0.15, 0.2) is 24.4 Å². The summed E-state index contributed by atoms with van der Waals surface area (Å²) in [5.74, 6) is 0. The average Bonchev–Trinajstić information content (AvgIpc) is 3.14. The van der Waals surface area contributed by atoms with E-state index in [-0.39, 0.29) is 21.4 Å². The molecule has 2 aromatic rings. The number of hydrogen-bond donors (Lipinski definition) is 1. The molecule has 110 valence electrons. The summed E-state index contributed by atoms with van der Waals surface area (Å²) in [5, 5.41) is 19.2. The minimum Gasteiger partial charge on any atom is -0.308 e. The molecule has 1 fully saturated rings. The van der Waals surface area contributed by atoms with Crippen LogP contribution in [0.25, 0.3) is 5.69 Å². The van der Waals surface area contributed by atoms with E-state index in [0.717, 1.165) is 5.69 Å². The molecule has 0 saturated heterocycles. The zero-order valence-electron chi connectivity index (χ0n) is 10.9. The molecule has 21 heavy (non-hydrogen) atoms. The molecule has 8 heteroatoms. The molecule has 1 aromatic heterocycles. The lowest BCUT2D eigenvalue weighted by Crippen LogP contribution is -2.15. The number of nitro benzene ring substituents is 1. The van der Waals surface area contributed by atoms with E-state index in [2.05, 4.69) is 10.4 Å². The fourth-order valence-electron chi connectivity index (χ4n) is 2.04. The van der Waals surface area contributed by atoms with Gasteiger partial charge in [-0.3, -0.25) is 10.1 Å². The van der Waals surface area contributed by atoms with Gasteiger partial charge in [-0.1, -0.05) is 23.2 Å². The maximum Gasteiger partial charge on any atom is 0.297 e. The second-order valence-corrected chi connectivity index (χ2v) is 5.76. The Morgan fingerprint density at radius 3 is 2.86 bits per heavy atom. The van der Waals surface area contributed by atoms with Crippen molar-refractivity contribution < 1.29 is 4.92 Å². The average molecular weight is 327 g/mol. The molecule has 0 atom stereocenters. The zero-order valence-corrected chi connectivity index (χ0v) is 12.4. The summed E-state index contributed by atoms with van der Waals surface area (Å²) in [6.45, 7) is 0.636. The van der Waals surface area contributed by atoms with Crippen LogP contribution in [0.5, 0.6) is 0 Å². The number of rotatable bonds is 5. The van der Waals surface area contributed by atoms with Crippen molar-refractivity contribution in [3.05, 3.63) is 50.2 Å². The van der Waals surface area contributed by atoms with Crippen LogP contribution in [-0.4, -0.2) is 20.7 Å². The van der Waals surface area contributed by atoms with Crippen molar-refractivity contribution in [3.8, 4) is 5.69 Å². The van der Waals surface area contributed by atoms with E-state index < -0.39 is 4.92 Å². The molecule has 0 amide bonds. The number of halogens is 2. The van der Waals surface area contributed by atoms with Crippen molar-refractivity contribution >= 4 is 28.9 Å². The summed E-state index contributed by atoms with van der Waals surface area (Å²) in [6, 6.07) is 5.12. The summed E-state index contributed by atoms with van der Waals surface area (Å²) < 4.78 is 1.42. The SMILES string of the molecule is O=[N+]([O-])c1cc(Cl)cc(Cl)c1-n1ccc(CNC2CC2)n1. The van der Waals surface area contributed by atoms with Crippen LogP contribution in [0, 0.1) is 10.1 Å². The largest absolute Gasteiger partial charge is 0.308 e. The molecule has 1 aromatic carbocycles. The Kier molecular flexibility index (Phi) is 3.84. The Morgan fingerprint density at radius 1 is 1.43 bits per heavy atom. The van der Waals surface area contributed by atoms with Gasteiger partial charge in [-0.05, 0) is 25.0 Å². The number of hydrogen-bond acceptors (Lipinski definition) is 4. The lowest BCUT2D eigenvalue weighted by Gasteiger charge is -2.06. The number of aromatic nitrogens is 2. The predicted octanol–water partition coefficient (Wildman–Crippen LogP) is 3.34. The molecule has 1 saturated carbocycles. The molecule has 1 heterocycles. The third-order valence-corrected chi connectivity index (χ3v) is 3.73. The molecule has 0 bridgehead atoms. The summed E-state index contributed by atoms with van der Waals surface area (Å²) in [6.07, 6.45) is 4.04. The molecular weight excluding hydrogens is 315 g/mol. The first kappa shape index (κ1) is 14.3. The lowest BCUT2D eigenvalue weighted by molar-refractivity contribution is -0.384. The molecule has 0 spiro atoms. The Balaban J connectivity index is 1.93. The first-order chi connectivity index (χ1) is 10.0. The summed E-state index contributed by atoms with van der Waals surface area (Å²) >= 11 is 11.9. The second kappa shape index (κ2) is 5.63. The maximum atomic E-state index is 11.2. The van der Waals surface area contributed by atoms with Gasteiger partial charge in [0.05, 0.1) is 15.6 Å². The molecule has 0 radical (unpaired) electrons. The first-order valence-electron chi connectivity index (χ1n) is 6.46. The van der Waals surface area contributed by atoms with Crippen LogP contribution in [0.1, 0.15) is 18.5 Å². The molecule has 0 aliphatic heterocycles. The monoisotopic (exact) mass is 326 g/mol. The molecule has 0 unspecified atom stereocenters. The molecule has 1 N–H and O–H groups in total. The minimum atomic E-state index is -0.517. The second-order valence-electron chi connectivity index (χ2n) is 4.92. The minimum absolute atomic E-state index is 0.169. The Hall–Kier alpha value is -1.63. The van der Waals surface area contributed by atoms with Crippen molar-refractivity contribution in [2.24, 2.45) is 0 Å². The third kappa shape index (κ3) is 3.18. The molecule has 3 rings (SSSR count). The predicted molar refractivity (Wildman–Crippen MR) is 80.1 cm³/mol. The van der Waals surface area contributed by atoms with E-state index >= 15 is 0 Å².